The Morgan fingerprint density at radius 2 is 0.849 bits per heavy atom. The number of carbonyl (C=O) groups is 3. The van der Waals surface area contributed by atoms with Gasteiger partial charge in [-0.25, -0.2) is 50.0 Å². The van der Waals surface area contributed by atoms with Gasteiger partial charge in [-0.1, -0.05) is 67.9 Å². The molecular weight excluding hydrogens is 1930 g/mol. The van der Waals surface area contributed by atoms with E-state index < -0.39 is 132 Å². The molecule has 9 aromatic rings. The summed E-state index contributed by atoms with van der Waals surface area (Å²) in [5.74, 6) is -7.16. The third kappa shape index (κ3) is 22.7. The Balaban J connectivity index is 0.000000176. The molecule has 0 radical (unpaired) electrons. The van der Waals surface area contributed by atoms with Crippen molar-refractivity contribution in [2.45, 2.75) is 122 Å². The normalized spacial score (nSPS) is 20.2. The van der Waals surface area contributed by atoms with Crippen molar-refractivity contribution < 1.29 is 90.1 Å². The van der Waals surface area contributed by atoms with Crippen molar-refractivity contribution in [3.8, 4) is 51.8 Å². The molecule has 6 aromatic heterocycles. The van der Waals surface area contributed by atoms with Gasteiger partial charge in [-0.2, -0.15) is 69.4 Å². The Morgan fingerprint density at radius 1 is 0.489 bits per heavy atom. The summed E-state index contributed by atoms with van der Waals surface area (Å²) in [6.45, 7) is 34.5. The number of pyridine rings is 3. The highest BCUT2D eigenvalue weighted by Crippen LogP contribution is 2.50. The first-order valence-corrected chi connectivity index (χ1v) is 45.5. The minimum Gasteiger partial charge on any atom is -0.462 e. The topological polar surface area (TPSA) is 311 Å². The lowest BCUT2D eigenvalue weighted by atomic mass is 9.99. The Labute approximate surface area is 809 Å². The largest absolute Gasteiger partial charge is 0.462 e. The minimum absolute atomic E-state index is 0.00892. The highest BCUT2D eigenvalue weighted by molar-refractivity contribution is 6.35. The number of fused-ring (bicyclic) bond motifs is 3. The van der Waals surface area contributed by atoms with Crippen LogP contribution in [0.1, 0.15) is 79.8 Å². The lowest BCUT2D eigenvalue weighted by Crippen LogP contribution is -2.56. The summed E-state index contributed by atoms with van der Waals surface area (Å²) in [7, 11) is 5.87. The Morgan fingerprint density at radius 3 is 1.17 bits per heavy atom. The van der Waals surface area contributed by atoms with Crippen LogP contribution in [0.3, 0.4) is 0 Å². The number of anilines is 6. The van der Waals surface area contributed by atoms with Crippen LogP contribution in [-0.2, 0) is 32.9 Å². The van der Waals surface area contributed by atoms with Crippen LogP contribution in [0.4, 0.5) is 96.4 Å². The highest BCUT2D eigenvalue weighted by atomic mass is 35.5. The summed E-state index contributed by atoms with van der Waals surface area (Å²) in [4.78, 5) is 98.2. The molecule has 12 heterocycles. The zero-order valence-electron chi connectivity index (χ0n) is 76.6. The summed E-state index contributed by atoms with van der Waals surface area (Å²) in [6, 6.07) is 4.64. The number of aromatic nitrogens is 9. The second-order valence-electron chi connectivity index (χ2n) is 35.2. The van der Waals surface area contributed by atoms with Crippen molar-refractivity contribution >= 4 is 132 Å². The number of likely N-dealkylation sites (tertiary alicyclic amines) is 3. The smallest absolute Gasteiger partial charge is 0.418 e. The van der Waals surface area contributed by atoms with Crippen molar-refractivity contribution in [1.29, 1.82) is 0 Å². The maximum absolute atomic E-state index is 16.6. The molecular formula is C92H97Cl4F14N23O6. The van der Waals surface area contributed by atoms with E-state index in [-0.39, 0.29) is 215 Å². The monoisotopic (exact) mass is 2030 g/mol. The van der Waals surface area contributed by atoms with Crippen molar-refractivity contribution in [2.75, 3.05) is 170 Å². The number of halogens is 18. The van der Waals surface area contributed by atoms with Crippen LogP contribution in [0.5, 0.6) is 18.0 Å². The van der Waals surface area contributed by atoms with E-state index in [9.17, 15) is 62.7 Å². The average Bonchev–Trinajstić information content (AvgIpc) is 1.19. The van der Waals surface area contributed by atoms with Crippen LogP contribution < -0.4 is 46.1 Å². The van der Waals surface area contributed by atoms with Crippen molar-refractivity contribution in [1.82, 2.24) is 74.3 Å². The molecule has 6 N–H and O–H groups in total. The first kappa shape index (κ1) is 104. The van der Waals surface area contributed by atoms with E-state index in [1.807, 2.05) is 33.0 Å². The predicted octanol–water partition coefficient (Wildman–Crippen LogP) is 16.8. The van der Waals surface area contributed by atoms with E-state index in [4.69, 9.17) is 91.0 Å². The van der Waals surface area contributed by atoms with Gasteiger partial charge in [0.05, 0.1) is 65.5 Å². The number of rotatable bonds is 21. The Bertz CT molecular complexity index is 6140. The molecule has 0 bridgehead atoms. The Kier molecular flexibility index (Phi) is 32.0. The zero-order valence-corrected chi connectivity index (χ0v) is 79.7. The number of benzene rings is 3. The van der Waals surface area contributed by atoms with Gasteiger partial charge < -0.3 is 75.4 Å². The second kappa shape index (κ2) is 42.6. The number of nitrogens with zero attached hydrogens (tertiary/aromatic N) is 20. The third-order valence-corrected chi connectivity index (χ3v) is 26.3. The number of allylic oxidation sites excluding steroid dienone is 1. The zero-order chi connectivity index (χ0) is 101. The molecule has 6 fully saturated rings. The number of hydrogen-bond acceptors (Lipinski definition) is 24. The fourth-order valence-corrected chi connectivity index (χ4v) is 19.7. The van der Waals surface area contributed by atoms with Crippen LogP contribution in [0, 0.1) is 63.2 Å². The quantitative estimate of drug-likeness (QED) is 0.0260. The van der Waals surface area contributed by atoms with Gasteiger partial charge in [-0.15, -0.1) is 11.6 Å². The van der Waals surface area contributed by atoms with Gasteiger partial charge in [0.1, 0.15) is 83.4 Å². The van der Waals surface area contributed by atoms with Gasteiger partial charge in [0, 0.05) is 124 Å². The predicted molar refractivity (Wildman–Crippen MR) is 500 cm³/mol. The molecule has 3 aromatic carbocycles. The van der Waals surface area contributed by atoms with Crippen molar-refractivity contribution in [2.24, 2.45) is 11.8 Å². The van der Waals surface area contributed by atoms with Crippen LogP contribution in [0.25, 0.3) is 76.2 Å². The van der Waals surface area contributed by atoms with Crippen molar-refractivity contribution in [3.05, 3.63) is 162 Å². The molecule has 47 heteroatoms. The lowest BCUT2D eigenvalue weighted by Gasteiger charge is -2.40. The summed E-state index contributed by atoms with van der Waals surface area (Å²) in [5, 5.41) is -0.867. The molecule has 0 aliphatic carbocycles. The van der Waals surface area contributed by atoms with Gasteiger partial charge >= 0.3 is 36.6 Å². The summed E-state index contributed by atoms with van der Waals surface area (Å²) >= 11 is 25.3. The number of amides is 3. The minimum atomic E-state index is -4.92. The number of piperazine rings is 3. The van der Waals surface area contributed by atoms with Crippen LogP contribution in [0.15, 0.2) is 73.4 Å². The number of hydrogen-bond donors (Lipinski definition) is 3. The van der Waals surface area contributed by atoms with Gasteiger partial charge in [0.15, 0.2) is 29.1 Å². The summed E-state index contributed by atoms with van der Waals surface area (Å²) in [6.07, 6.45) is -8.15. The number of likely N-dealkylation sites (N-methyl/N-ethyl adjacent to an activating group) is 3. The highest BCUT2D eigenvalue weighted by Gasteiger charge is 2.46. The number of carbonyl (C=O) groups excluding carboxylic acids is 3. The van der Waals surface area contributed by atoms with E-state index in [2.05, 4.69) is 96.3 Å². The van der Waals surface area contributed by atoms with Crippen molar-refractivity contribution in [3.63, 3.8) is 0 Å². The molecule has 3 amide bonds. The maximum Gasteiger partial charge on any atom is 0.418 e. The summed E-state index contributed by atoms with van der Waals surface area (Å²) in [5.41, 5.74) is 7.86. The molecule has 0 saturated carbocycles. The molecule has 0 spiro atoms. The van der Waals surface area contributed by atoms with Crippen LogP contribution in [-0.4, -0.2) is 267 Å². The molecule has 6 aliphatic rings. The van der Waals surface area contributed by atoms with Crippen LogP contribution >= 0.6 is 46.4 Å². The van der Waals surface area contributed by atoms with E-state index >= 15 is 13.2 Å². The molecule has 0 unspecified atom stereocenters. The molecule has 15 rings (SSSR count). The SMILES string of the molecule is Cc1cc(N)nc(-c2c(Cl)cc3c(N4CCN(C(=O)/C=C/CCl)C[C@@H]4C)nc(OC[C@@H]4CCCN4C)nc3c2F)c1C(F)(F)F.[C-]#[N+]C[C@@H]1CN(c2nc(OC[C@@H]3C[C@@H](C)CN3C)nc3c(F)c(-c4nc(N)cc(C)c4C(F)(F)F)c(Cl)cc23)CCN1C(=O)C(=C)F.[C-]#[N+]C[C@H]1CN(c2nc(OC[C@@H]3C[C@@H](C)CN3C)nc3c(F)c(-c4nc(N)cc(C)c4C(F)(F)F)c(Cl)cc23)CCN1C(=O)C(=C)F. The van der Waals surface area contributed by atoms with Gasteiger partial charge in [0.25, 0.3) is 11.8 Å². The number of nitrogens with two attached hydrogens (primary N) is 3. The molecule has 29 nitrogen and oxygen atoms in total. The lowest BCUT2D eigenvalue weighted by molar-refractivity contribution is -0.138. The molecule has 742 valence electrons. The van der Waals surface area contributed by atoms with Gasteiger partial charge in [-0.05, 0) is 146 Å². The van der Waals surface area contributed by atoms with E-state index in [0.29, 0.717) is 31.5 Å². The van der Waals surface area contributed by atoms with Gasteiger partial charge in [0.2, 0.25) is 19.0 Å². The molecule has 139 heavy (non-hydrogen) atoms. The standard InChI is InChI=1S/2C31H32ClF5N8O2.C30H33Cl2F4N7O2/c2*1-15-8-18(43(5)12-15)14-47-30-41-26-20(28(42-30)44-6-7-45(29(46)17(3)33)19(13-44)11-39-4)10-21(32)23(25(26)34)27-24(31(35,36)37)16(2)9-22(38)40-27;1-16-12-21(37)38-27(24(16)30(34,35)36)23-20(32)13-19-26(25(23)33)39-29(45-15-18-6-5-9-41(18)3)40-28(19)43-11-10-42(14-17(43)2)22(44)7-4-8-31/h2*9-10,15,18-19H,3,6-8,11-14H2,1-2,5H3,(H2,38,40);4,7,12-13,17-18H,5-6,8-11,14-15H2,1-3H3,(H2,37,38)/b;;7-4+/t15-,18+,19+;15-,18+,19-;17-,18-/m110/s1. The fourth-order valence-electron chi connectivity index (χ4n) is 18.7. The first-order chi connectivity index (χ1) is 65.5. The number of alkyl halides is 10. The summed E-state index contributed by atoms with van der Waals surface area (Å²) < 4.78 is 223. The number of nitrogen functional groups attached to an aromatic ring is 3. The third-order valence-electron chi connectivity index (χ3n) is 25.2. The second-order valence-corrected chi connectivity index (χ2v) is 36.8. The maximum atomic E-state index is 16.6. The fraction of sp³-hybridized carbons (Fsp3) is 0.457. The number of ether oxygens (including phenoxy) is 3. The van der Waals surface area contributed by atoms with Gasteiger partial charge in [-0.3, -0.25) is 24.2 Å². The van der Waals surface area contributed by atoms with E-state index in [1.165, 1.54) is 54.8 Å². The molecule has 6 aliphatic heterocycles. The Hall–Kier alpha value is -12.0. The first-order valence-electron chi connectivity index (χ1n) is 43.9. The van der Waals surface area contributed by atoms with Crippen LogP contribution in [0.2, 0.25) is 15.1 Å². The van der Waals surface area contributed by atoms with E-state index in [1.54, 1.807) is 20.8 Å². The number of aryl methyl sites for hydroxylation is 3. The molecule has 8 atom stereocenters. The molecule has 6 saturated heterocycles. The average molecular weight is 2030 g/mol. The van der Waals surface area contributed by atoms with E-state index in [0.717, 1.165) is 63.5 Å².